The van der Waals surface area contributed by atoms with Gasteiger partial charge in [0, 0.05) is 31.2 Å². The van der Waals surface area contributed by atoms with Gasteiger partial charge in [-0.3, -0.25) is 0 Å². The molecule has 5 nitrogen and oxygen atoms in total. The zero-order valence-electron chi connectivity index (χ0n) is 13.8. The van der Waals surface area contributed by atoms with Gasteiger partial charge in [-0.2, -0.15) is 0 Å². The number of ether oxygens (including phenoxy) is 1. The maximum atomic E-state index is 11.7. The lowest BCUT2D eigenvalue weighted by molar-refractivity contribution is 0.0917. The topological polar surface area (TPSA) is 44.8 Å². The molecule has 1 N–H and O–H groups in total. The van der Waals surface area contributed by atoms with Crippen LogP contribution in [0.5, 0.6) is 0 Å². The van der Waals surface area contributed by atoms with Crippen molar-refractivity contribution in [3.8, 4) is 0 Å². The number of hydrogen-bond acceptors (Lipinski definition) is 4. The summed E-state index contributed by atoms with van der Waals surface area (Å²) in [5, 5.41) is 3.80. The van der Waals surface area contributed by atoms with E-state index in [0.717, 1.165) is 25.9 Å². The average molecular weight is 297 g/mol. The predicted octanol–water partition coefficient (Wildman–Crippen LogP) is 2.07. The lowest BCUT2D eigenvalue weighted by Crippen LogP contribution is -2.51. The molecule has 0 aromatic carbocycles. The first-order chi connectivity index (χ1) is 10.1. The fourth-order valence-corrected chi connectivity index (χ4v) is 3.36. The third kappa shape index (κ3) is 4.85. The van der Waals surface area contributed by atoms with Crippen LogP contribution in [0.25, 0.3) is 0 Å². The minimum absolute atomic E-state index is 0.152. The van der Waals surface area contributed by atoms with Crippen molar-refractivity contribution in [3.05, 3.63) is 0 Å². The number of hydrogen-bond donors (Lipinski definition) is 1. The monoisotopic (exact) mass is 297 g/mol. The van der Waals surface area contributed by atoms with Gasteiger partial charge in [-0.15, -0.1) is 0 Å². The number of likely N-dealkylation sites (tertiary alicyclic amines) is 2. The third-order valence-electron chi connectivity index (χ3n) is 4.75. The van der Waals surface area contributed by atoms with Gasteiger partial charge in [0.1, 0.15) is 0 Å². The minimum Gasteiger partial charge on any atom is -0.450 e. The normalized spacial score (nSPS) is 22.8. The Kier molecular flexibility index (Phi) is 6.30. The van der Waals surface area contributed by atoms with Crippen molar-refractivity contribution in [2.75, 3.05) is 32.8 Å². The van der Waals surface area contributed by atoms with E-state index in [0.29, 0.717) is 24.7 Å². The first kappa shape index (κ1) is 16.6. The van der Waals surface area contributed by atoms with Gasteiger partial charge in [-0.25, -0.2) is 4.79 Å². The quantitative estimate of drug-likeness (QED) is 0.863. The lowest BCUT2D eigenvalue weighted by Gasteiger charge is -2.38. The zero-order chi connectivity index (χ0) is 15.2. The molecule has 0 aromatic heterocycles. The van der Waals surface area contributed by atoms with Crippen molar-refractivity contribution >= 4 is 6.09 Å². The molecule has 0 aromatic rings. The van der Waals surface area contributed by atoms with Crippen LogP contribution in [0, 0.1) is 0 Å². The molecule has 122 valence electrons. The molecule has 0 atom stereocenters. The van der Waals surface area contributed by atoms with Gasteiger partial charge in [0.15, 0.2) is 0 Å². The summed E-state index contributed by atoms with van der Waals surface area (Å²) in [6.45, 7) is 10.9. The summed E-state index contributed by atoms with van der Waals surface area (Å²) in [6, 6.07) is 1.88. The summed E-state index contributed by atoms with van der Waals surface area (Å²) in [7, 11) is 0. The first-order valence-electron chi connectivity index (χ1n) is 8.52. The summed E-state index contributed by atoms with van der Waals surface area (Å²) < 4.78 is 5.06. The van der Waals surface area contributed by atoms with Crippen molar-refractivity contribution < 1.29 is 9.53 Å². The lowest BCUT2D eigenvalue weighted by atomic mass is 9.99. The van der Waals surface area contributed by atoms with E-state index in [1.165, 1.54) is 25.9 Å². The Morgan fingerprint density at radius 1 is 1.10 bits per heavy atom. The molecule has 2 fully saturated rings. The highest BCUT2D eigenvalue weighted by Gasteiger charge is 2.27. The van der Waals surface area contributed by atoms with Crippen LogP contribution in [-0.4, -0.2) is 66.8 Å². The van der Waals surface area contributed by atoms with Gasteiger partial charge in [0.2, 0.25) is 0 Å². The van der Waals surface area contributed by atoms with Crippen LogP contribution >= 0.6 is 0 Å². The Morgan fingerprint density at radius 3 is 2.10 bits per heavy atom. The molecule has 0 unspecified atom stereocenters. The minimum atomic E-state index is -0.152. The van der Waals surface area contributed by atoms with Crippen LogP contribution in [0.3, 0.4) is 0 Å². The van der Waals surface area contributed by atoms with Crippen LogP contribution in [0.2, 0.25) is 0 Å². The molecule has 2 aliphatic heterocycles. The van der Waals surface area contributed by atoms with Gasteiger partial charge >= 0.3 is 6.09 Å². The summed E-state index contributed by atoms with van der Waals surface area (Å²) >= 11 is 0. The van der Waals surface area contributed by atoms with E-state index in [4.69, 9.17) is 4.74 Å². The molecule has 2 saturated heterocycles. The number of rotatable bonds is 4. The van der Waals surface area contributed by atoms with Gasteiger partial charge in [0.05, 0.1) is 6.61 Å². The van der Waals surface area contributed by atoms with Gasteiger partial charge < -0.3 is 19.9 Å². The molecule has 0 radical (unpaired) electrons. The van der Waals surface area contributed by atoms with E-state index >= 15 is 0 Å². The van der Waals surface area contributed by atoms with Crippen LogP contribution in [0.15, 0.2) is 0 Å². The second-order valence-electron chi connectivity index (χ2n) is 6.53. The van der Waals surface area contributed by atoms with Gasteiger partial charge in [0.25, 0.3) is 0 Å². The van der Waals surface area contributed by atoms with E-state index < -0.39 is 0 Å². The van der Waals surface area contributed by atoms with Crippen LogP contribution < -0.4 is 5.32 Å². The van der Waals surface area contributed by atoms with Crippen LogP contribution in [-0.2, 0) is 4.74 Å². The highest BCUT2D eigenvalue weighted by molar-refractivity contribution is 5.67. The summed E-state index contributed by atoms with van der Waals surface area (Å²) in [5.41, 5.74) is 0. The number of piperidine rings is 2. The maximum Gasteiger partial charge on any atom is 0.409 e. The zero-order valence-corrected chi connectivity index (χ0v) is 13.8. The van der Waals surface area contributed by atoms with Gasteiger partial charge in [-0.1, -0.05) is 0 Å². The van der Waals surface area contributed by atoms with Gasteiger partial charge in [-0.05, 0) is 59.5 Å². The average Bonchev–Trinajstić information content (AvgIpc) is 2.49. The molecule has 0 saturated carbocycles. The molecule has 5 heteroatoms. The van der Waals surface area contributed by atoms with E-state index in [-0.39, 0.29) is 6.09 Å². The summed E-state index contributed by atoms with van der Waals surface area (Å²) in [5.74, 6) is 0. The fraction of sp³-hybridized carbons (Fsp3) is 0.938. The smallest absolute Gasteiger partial charge is 0.409 e. The van der Waals surface area contributed by atoms with Crippen molar-refractivity contribution in [1.82, 2.24) is 15.1 Å². The van der Waals surface area contributed by atoms with Crippen LogP contribution in [0.1, 0.15) is 46.5 Å². The highest BCUT2D eigenvalue weighted by Crippen LogP contribution is 2.17. The number of carbonyl (C=O) groups is 1. The number of amides is 1. The van der Waals surface area contributed by atoms with Crippen molar-refractivity contribution in [1.29, 1.82) is 0 Å². The molecule has 1 amide bonds. The Hall–Kier alpha value is -0.810. The molecule has 21 heavy (non-hydrogen) atoms. The fourth-order valence-electron chi connectivity index (χ4n) is 3.36. The molecule has 0 aliphatic carbocycles. The Balaban J connectivity index is 1.66. The van der Waals surface area contributed by atoms with E-state index in [1.54, 1.807) is 0 Å². The number of nitrogens with zero attached hydrogens (tertiary/aromatic N) is 2. The van der Waals surface area contributed by atoms with E-state index in [9.17, 15) is 4.79 Å². The van der Waals surface area contributed by atoms with Crippen molar-refractivity contribution in [2.24, 2.45) is 0 Å². The predicted molar refractivity (Wildman–Crippen MR) is 84.5 cm³/mol. The standard InChI is InChI=1S/C16H31N3O2/c1-4-21-16(20)19-11-7-15(8-12-19)17-14-5-9-18(10-6-14)13(2)3/h13-15,17H,4-12H2,1-3H3. The second kappa shape index (κ2) is 7.99. The summed E-state index contributed by atoms with van der Waals surface area (Å²) in [4.78, 5) is 16.1. The molecule has 0 bridgehead atoms. The van der Waals surface area contributed by atoms with E-state index in [2.05, 4.69) is 24.1 Å². The third-order valence-corrected chi connectivity index (χ3v) is 4.75. The maximum absolute atomic E-state index is 11.7. The largest absolute Gasteiger partial charge is 0.450 e. The molecule has 2 rings (SSSR count). The summed E-state index contributed by atoms with van der Waals surface area (Å²) in [6.07, 6.45) is 4.43. The Labute approximate surface area is 129 Å². The molecule has 2 aliphatic rings. The van der Waals surface area contributed by atoms with Crippen molar-refractivity contribution in [3.63, 3.8) is 0 Å². The number of nitrogens with one attached hydrogen (secondary N) is 1. The van der Waals surface area contributed by atoms with Crippen LogP contribution in [0.4, 0.5) is 4.79 Å². The Bertz CT molecular complexity index is 319. The molecular weight excluding hydrogens is 266 g/mol. The molecule has 0 spiro atoms. The highest BCUT2D eigenvalue weighted by atomic mass is 16.6. The van der Waals surface area contributed by atoms with E-state index in [1.807, 2.05) is 11.8 Å². The number of carbonyl (C=O) groups excluding carboxylic acids is 1. The SMILES string of the molecule is CCOC(=O)N1CCC(NC2CCN(C(C)C)CC2)CC1. The molecular formula is C16H31N3O2. The molecule has 2 heterocycles. The van der Waals surface area contributed by atoms with Crippen molar-refractivity contribution in [2.45, 2.75) is 64.6 Å². The first-order valence-corrected chi connectivity index (χ1v) is 8.52. The Morgan fingerprint density at radius 2 is 1.62 bits per heavy atom. The second-order valence-corrected chi connectivity index (χ2v) is 6.53.